The van der Waals surface area contributed by atoms with E-state index in [0.29, 0.717) is 17.7 Å². The molecular weight excluding hydrogens is 310 g/mol. The monoisotopic (exact) mass is 327 g/mol. The number of hydrogen-bond acceptors (Lipinski definition) is 3. The molecule has 0 N–H and O–H groups in total. The van der Waals surface area contributed by atoms with E-state index in [4.69, 9.17) is 0 Å². The van der Waals surface area contributed by atoms with Crippen molar-refractivity contribution in [3.63, 3.8) is 0 Å². The van der Waals surface area contributed by atoms with Crippen molar-refractivity contribution in [2.24, 2.45) is 0 Å². The van der Waals surface area contributed by atoms with Crippen molar-refractivity contribution in [1.29, 1.82) is 5.26 Å². The van der Waals surface area contributed by atoms with Crippen molar-refractivity contribution < 1.29 is 4.79 Å². The first kappa shape index (κ1) is 16.4. The van der Waals surface area contributed by atoms with Crippen molar-refractivity contribution in [1.82, 2.24) is 9.88 Å². The highest BCUT2D eigenvalue weighted by molar-refractivity contribution is 6.01. The van der Waals surface area contributed by atoms with Crippen LogP contribution in [0.15, 0.2) is 73.1 Å². The first-order valence-corrected chi connectivity index (χ1v) is 7.93. The van der Waals surface area contributed by atoms with E-state index in [1.165, 1.54) is 0 Å². The Morgan fingerprint density at radius 2 is 1.76 bits per heavy atom. The molecule has 1 aromatic heterocycles. The second kappa shape index (κ2) is 7.41. The Morgan fingerprint density at radius 1 is 1.04 bits per heavy atom. The SMILES string of the molecule is CN(Cc1cccnc1)C(=O)c1ccccc1-c1ccccc1C#N. The van der Waals surface area contributed by atoms with Gasteiger partial charge in [0.25, 0.3) is 5.91 Å². The van der Waals surface area contributed by atoms with Gasteiger partial charge in [0.05, 0.1) is 11.6 Å². The van der Waals surface area contributed by atoms with Crippen molar-refractivity contribution in [2.75, 3.05) is 7.05 Å². The summed E-state index contributed by atoms with van der Waals surface area (Å²) in [6.45, 7) is 0.473. The van der Waals surface area contributed by atoms with Gasteiger partial charge in [0, 0.05) is 37.1 Å². The fraction of sp³-hybridized carbons (Fsp3) is 0.0952. The number of pyridine rings is 1. The molecule has 0 fully saturated rings. The summed E-state index contributed by atoms with van der Waals surface area (Å²) in [7, 11) is 1.77. The van der Waals surface area contributed by atoms with Gasteiger partial charge in [0.15, 0.2) is 0 Å². The van der Waals surface area contributed by atoms with Crippen LogP contribution >= 0.6 is 0 Å². The lowest BCUT2D eigenvalue weighted by Gasteiger charge is -2.19. The molecule has 3 aromatic rings. The van der Waals surface area contributed by atoms with E-state index in [-0.39, 0.29) is 5.91 Å². The van der Waals surface area contributed by atoms with E-state index in [0.717, 1.165) is 16.7 Å². The molecule has 0 aliphatic rings. The number of carbonyl (C=O) groups is 1. The molecule has 0 saturated carbocycles. The number of nitrogens with zero attached hydrogens (tertiary/aromatic N) is 3. The minimum atomic E-state index is -0.0906. The molecule has 3 rings (SSSR count). The first-order chi connectivity index (χ1) is 12.2. The van der Waals surface area contributed by atoms with Gasteiger partial charge in [-0.1, -0.05) is 42.5 Å². The van der Waals surface area contributed by atoms with E-state index in [2.05, 4.69) is 11.1 Å². The van der Waals surface area contributed by atoms with E-state index in [1.54, 1.807) is 36.5 Å². The predicted octanol–water partition coefficient (Wildman–Crippen LogP) is 3.89. The summed E-state index contributed by atoms with van der Waals surface area (Å²) in [5.41, 5.74) is 3.63. The van der Waals surface area contributed by atoms with Crippen LogP contribution in [0.1, 0.15) is 21.5 Å². The maximum Gasteiger partial charge on any atom is 0.254 e. The standard InChI is InChI=1S/C21H17N3O/c1-24(15-16-7-6-12-23-14-16)21(25)20-11-5-4-10-19(20)18-9-3-2-8-17(18)13-22/h2-12,14H,15H2,1H3. The molecule has 25 heavy (non-hydrogen) atoms. The molecule has 0 aliphatic carbocycles. The summed E-state index contributed by atoms with van der Waals surface area (Å²) in [5, 5.41) is 9.36. The molecule has 0 unspecified atom stereocenters. The molecule has 2 aromatic carbocycles. The Hall–Kier alpha value is -3.45. The van der Waals surface area contributed by atoms with Crippen LogP contribution in [0.5, 0.6) is 0 Å². The Balaban J connectivity index is 1.95. The topological polar surface area (TPSA) is 57.0 Å². The Morgan fingerprint density at radius 3 is 2.48 bits per heavy atom. The zero-order chi connectivity index (χ0) is 17.6. The zero-order valence-electron chi connectivity index (χ0n) is 13.9. The minimum absolute atomic E-state index is 0.0906. The minimum Gasteiger partial charge on any atom is -0.337 e. The summed E-state index contributed by atoms with van der Waals surface area (Å²) in [5.74, 6) is -0.0906. The van der Waals surface area contributed by atoms with Crippen LogP contribution in [0.4, 0.5) is 0 Å². The summed E-state index contributed by atoms with van der Waals surface area (Å²) in [6.07, 6.45) is 3.46. The lowest BCUT2D eigenvalue weighted by molar-refractivity contribution is 0.0786. The molecule has 4 heteroatoms. The summed E-state index contributed by atoms with van der Waals surface area (Å²) in [6, 6.07) is 20.7. The van der Waals surface area contributed by atoms with Gasteiger partial charge in [-0.05, 0) is 29.3 Å². The third-order valence-electron chi connectivity index (χ3n) is 3.98. The van der Waals surface area contributed by atoms with Crippen LogP contribution in [0.2, 0.25) is 0 Å². The maximum atomic E-state index is 13.0. The predicted molar refractivity (Wildman–Crippen MR) is 96.6 cm³/mol. The summed E-state index contributed by atoms with van der Waals surface area (Å²) in [4.78, 5) is 18.7. The van der Waals surface area contributed by atoms with E-state index >= 15 is 0 Å². The molecular formula is C21H17N3O. The van der Waals surface area contributed by atoms with Crippen LogP contribution in [0.25, 0.3) is 11.1 Å². The third-order valence-corrected chi connectivity index (χ3v) is 3.98. The van der Waals surface area contributed by atoms with Gasteiger partial charge in [-0.15, -0.1) is 0 Å². The lowest BCUT2D eigenvalue weighted by atomic mass is 9.95. The molecule has 1 heterocycles. The Bertz CT molecular complexity index is 929. The second-order valence-corrected chi connectivity index (χ2v) is 5.73. The van der Waals surface area contributed by atoms with Crippen molar-refractivity contribution in [2.45, 2.75) is 6.54 Å². The number of carbonyl (C=O) groups excluding carboxylic acids is 1. The molecule has 0 saturated heterocycles. The zero-order valence-corrected chi connectivity index (χ0v) is 13.9. The van der Waals surface area contributed by atoms with E-state index in [1.807, 2.05) is 48.5 Å². The molecule has 122 valence electrons. The van der Waals surface area contributed by atoms with Gasteiger partial charge in [-0.25, -0.2) is 0 Å². The Labute approximate surface area is 147 Å². The molecule has 0 spiro atoms. The van der Waals surface area contributed by atoms with Gasteiger partial charge in [0.2, 0.25) is 0 Å². The molecule has 0 bridgehead atoms. The molecule has 1 amide bonds. The highest BCUT2D eigenvalue weighted by Gasteiger charge is 2.18. The first-order valence-electron chi connectivity index (χ1n) is 7.93. The number of benzene rings is 2. The fourth-order valence-corrected chi connectivity index (χ4v) is 2.76. The molecule has 0 atom stereocenters. The maximum absolute atomic E-state index is 13.0. The second-order valence-electron chi connectivity index (χ2n) is 5.73. The number of nitriles is 1. The average Bonchev–Trinajstić information content (AvgIpc) is 2.68. The van der Waals surface area contributed by atoms with Crippen LogP contribution in [0, 0.1) is 11.3 Å². The number of rotatable bonds is 4. The highest BCUT2D eigenvalue weighted by Crippen LogP contribution is 2.27. The van der Waals surface area contributed by atoms with Crippen molar-refractivity contribution in [3.8, 4) is 17.2 Å². The van der Waals surface area contributed by atoms with Gasteiger partial charge in [-0.2, -0.15) is 5.26 Å². The van der Waals surface area contributed by atoms with Crippen LogP contribution in [-0.4, -0.2) is 22.8 Å². The van der Waals surface area contributed by atoms with Crippen molar-refractivity contribution >= 4 is 5.91 Å². The quantitative estimate of drug-likeness (QED) is 0.730. The Kier molecular flexibility index (Phi) is 4.87. The van der Waals surface area contributed by atoms with Crippen LogP contribution in [-0.2, 0) is 6.54 Å². The lowest BCUT2D eigenvalue weighted by Crippen LogP contribution is -2.26. The van der Waals surface area contributed by atoms with Gasteiger partial charge in [-0.3, -0.25) is 9.78 Å². The average molecular weight is 327 g/mol. The summed E-state index contributed by atoms with van der Waals surface area (Å²) < 4.78 is 0. The smallest absolute Gasteiger partial charge is 0.254 e. The highest BCUT2D eigenvalue weighted by atomic mass is 16.2. The van der Waals surface area contributed by atoms with E-state index in [9.17, 15) is 10.1 Å². The molecule has 4 nitrogen and oxygen atoms in total. The number of hydrogen-bond donors (Lipinski definition) is 0. The van der Waals surface area contributed by atoms with Crippen LogP contribution < -0.4 is 0 Å². The largest absolute Gasteiger partial charge is 0.337 e. The summed E-state index contributed by atoms with van der Waals surface area (Å²) >= 11 is 0. The van der Waals surface area contributed by atoms with Crippen molar-refractivity contribution in [3.05, 3.63) is 89.7 Å². The molecule has 0 aliphatic heterocycles. The number of aromatic nitrogens is 1. The van der Waals surface area contributed by atoms with Gasteiger partial charge < -0.3 is 4.90 Å². The van der Waals surface area contributed by atoms with Gasteiger partial charge >= 0.3 is 0 Å². The fourth-order valence-electron chi connectivity index (χ4n) is 2.76. The van der Waals surface area contributed by atoms with Crippen LogP contribution in [0.3, 0.4) is 0 Å². The molecule has 0 radical (unpaired) electrons. The van der Waals surface area contributed by atoms with E-state index < -0.39 is 0 Å². The normalized spacial score (nSPS) is 10.1. The van der Waals surface area contributed by atoms with Gasteiger partial charge in [0.1, 0.15) is 0 Å². The third kappa shape index (κ3) is 3.56. The number of amides is 1.